The maximum Gasteiger partial charge on any atom is 0.257 e. The molecule has 2 heterocycles. The summed E-state index contributed by atoms with van der Waals surface area (Å²) < 4.78 is 6.85. The van der Waals surface area contributed by atoms with Crippen molar-refractivity contribution < 1.29 is 9.53 Å². The zero-order valence-corrected chi connectivity index (χ0v) is 15.4. The molecule has 1 amide bonds. The van der Waals surface area contributed by atoms with Crippen molar-refractivity contribution >= 4 is 17.7 Å². The molecule has 1 N–H and O–H groups in total. The Hall–Kier alpha value is -2.28. The topological polar surface area (TPSA) is 73.2 Å². The van der Waals surface area contributed by atoms with Crippen LogP contribution in [-0.2, 0) is 11.3 Å². The first-order valence-corrected chi connectivity index (χ1v) is 9.10. The lowest BCUT2D eigenvalue weighted by atomic mass is 10.2. The summed E-state index contributed by atoms with van der Waals surface area (Å²) in [5.74, 6) is 1.38. The van der Waals surface area contributed by atoms with Crippen LogP contribution >= 0.6 is 11.8 Å². The molecule has 0 radical (unpaired) electrons. The van der Waals surface area contributed by atoms with Crippen LogP contribution in [0.15, 0.2) is 34.2 Å². The zero-order chi connectivity index (χ0) is 18.0. The van der Waals surface area contributed by atoms with Crippen LogP contribution in [0.25, 0.3) is 0 Å². The third-order valence-corrected chi connectivity index (χ3v) is 5.46. The van der Waals surface area contributed by atoms with Crippen LogP contribution in [0.4, 0.5) is 0 Å². The first-order chi connectivity index (χ1) is 12.0. The predicted octanol–water partition coefficient (Wildman–Crippen LogP) is 2.22. The highest BCUT2D eigenvalue weighted by Gasteiger charge is 2.28. The molecule has 3 rings (SSSR count). The summed E-state index contributed by atoms with van der Waals surface area (Å²) in [6.07, 6.45) is 0.272. The van der Waals surface area contributed by atoms with Gasteiger partial charge in [-0.1, -0.05) is 23.9 Å². The molecule has 0 saturated carbocycles. The smallest absolute Gasteiger partial charge is 0.257 e. The largest absolute Gasteiger partial charge is 0.497 e. The van der Waals surface area contributed by atoms with Crippen molar-refractivity contribution in [3.8, 4) is 5.75 Å². The number of hydrogen-bond donors (Lipinski definition) is 1. The van der Waals surface area contributed by atoms with Crippen molar-refractivity contribution in [2.45, 2.75) is 38.0 Å². The highest BCUT2D eigenvalue weighted by Crippen LogP contribution is 2.32. The van der Waals surface area contributed by atoms with Gasteiger partial charge in [-0.2, -0.15) is 0 Å². The number of hydrogen-bond acceptors (Lipinski definition) is 5. The van der Waals surface area contributed by atoms with Crippen LogP contribution in [0.5, 0.6) is 5.75 Å². The summed E-state index contributed by atoms with van der Waals surface area (Å²) in [7, 11) is 1.61. The van der Waals surface area contributed by atoms with Crippen LogP contribution in [0, 0.1) is 13.8 Å². The minimum absolute atomic E-state index is 0.0434. The van der Waals surface area contributed by atoms with Gasteiger partial charge in [-0.3, -0.25) is 14.2 Å². The molecule has 0 fully saturated rings. The first-order valence-electron chi connectivity index (χ1n) is 8.11. The van der Waals surface area contributed by atoms with E-state index in [0.717, 1.165) is 17.0 Å². The van der Waals surface area contributed by atoms with E-state index in [-0.39, 0.29) is 23.9 Å². The molecule has 1 aliphatic heterocycles. The molecule has 0 unspecified atom stereocenters. The Bertz CT molecular complexity index is 863. The maximum absolute atomic E-state index is 12.5. The van der Waals surface area contributed by atoms with E-state index in [0.29, 0.717) is 23.0 Å². The quantitative estimate of drug-likeness (QED) is 0.829. The maximum atomic E-state index is 12.5. The molecule has 1 aromatic carbocycles. The van der Waals surface area contributed by atoms with Crippen LogP contribution < -0.4 is 15.6 Å². The van der Waals surface area contributed by atoms with Crippen LogP contribution in [0.2, 0.25) is 0 Å². The monoisotopic (exact) mass is 359 g/mol. The van der Waals surface area contributed by atoms with Gasteiger partial charge in [0.05, 0.1) is 13.2 Å². The van der Waals surface area contributed by atoms with Gasteiger partial charge in [0.1, 0.15) is 5.75 Å². The predicted molar refractivity (Wildman–Crippen MR) is 97.2 cm³/mol. The summed E-state index contributed by atoms with van der Waals surface area (Å²) in [6, 6.07) is 7.43. The molecule has 132 valence electrons. The van der Waals surface area contributed by atoms with Crippen molar-refractivity contribution in [1.29, 1.82) is 0 Å². The number of aryl methyl sites for hydroxylation is 1. The molecule has 1 aromatic heterocycles. The molecule has 0 spiro atoms. The van der Waals surface area contributed by atoms with E-state index in [2.05, 4.69) is 10.3 Å². The Morgan fingerprint density at radius 3 is 3.00 bits per heavy atom. The number of carbonyl (C=O) groups excluding carboxylic acids is 1. The fourth-order valence-electron chi connectivity index (χ4n) is 2.79. The SMILES string of the molecule is COc1cccc(CNC(=O)C[C@@H]2CSc3nc(C)c(C)c(=O)n32)c1. The first kappa shape index (κ1) is 17.5. The Balaban J connectivity index is 1.65. The molecular weight excluding hydrogens is 338 g/mol. The van der Waals surface area contributed by atoms with E-state index in [9.17, 15) is 9.59 Å². The lowest BCUT2D eigenvalue weighted by Gasteiger charge is -2.14. The molecule has 1 atom stereocenters. The van der Waals surface area contributed by atoms with E-state index in [1.165, 1.54) is 11.8 Å². The summed E-state index contributed by atoms with van der Waals surface area (Å²) in [6.45, 7) is 4.05. The number of thioether (sulfide) groups is 1. The van der Waals surface area contributed by atoms with Crippen LogP contribution in [0.1, 0.15) is 29.3 Å². The van der Waals surface area contributed by atoms with Crippen molar-refractivity contribution in [3.05, 3.63) is 51.4 Å². The molecule has 0 aliphatic carbocycles. The van der Waals surface area contributed by atoms with Gasteiger partial charge < -0.3 is 10.1 Å². The van der Waals surface area contributed by atoms with E-state index in [1.54, 1.807) is 18.6 Å². The second-order valence-corrected chi connectivity index (χ2v) is 7.06. The normalized spacial score (nSPS) is 15.7. The highest BCUT2D eigenvalue weighted by atomic mass is 32.2. The third-order valence-electron chi connectivity index (χ3n) is 4.37. The standard InChI is InChI=1S/C18H21N3O3S/c1-11-12(2)20-18-21(17(11)23)14(10-25-18)8-16(22)19-9-13-5-4-6-15(7-13)24-3/h4-7,14H,8-10H2,1-3H3,(H,19,22)/t14-/m1/s1. The van der Waals surface area contributed by atoms with E-state index in [4.69, 9.17) is 4.74 Å². The number of carbonyl (C=O) groups is 1. The second-order valence-electron chi connectivity index (χ2n) is 6.08. The summed E-state index contributed by atoms with van der Waals surface area (Å²) >= 11 is 1.53. The average Bonchev–Trinajstić information content (AvgIpc) is 3.00. The number of nitrogens with one attached hydrogen (secondary N) is 1. The molecule has 7 heteroatoms. The molecular formula is C18H21N3O3S. The van der Waals surface area contributed by atoms with Crippen LogP contribution in [0.3, 0.4) is 0 Å². The molecule has 0 bridgehead atoms. The fourth-order valence-corrected chi connectivity index (χ4v) is 3.97. The second kappa shape index (κ2) is 7.31. The third kappa shape index (κ3) is 3.71. The van der Waals surface area contributed by atoms with Gasteiger partial charge in [0.2, 0.25) is 5.91 Å². The van der Waals surface area contributed by atoms with Gasteiger partial charge in [0, 0.05) is 30.0 Å². The molecule has 2 aromatic rings. The van der Waals surface area contributed by atoms with Gasteiger partial charge >= 0.3 is 0 Å². The minimum Gasteiger partial charge on any atom is -0.497 e. The zero-order valence-electron chi connectivity index (χ0n) is 14.5. The molecule has 25 heavy (non-hydrogen) atoms. The Kier molecular flexibility index (Phi) is 5.13. The van der Waals surface area contributed by atoms with Gasteiger partial charge in [-0.25, -0.2) is 4.98 Å². The fraction of sp³-hybridized carbons (Fsp3) is 0.389. The Labute approximate surface area is 150 Å². The molecule has 1 aliphatic rings. The van der Waals surface area contributed by atoms with Gasteiger partial charge in [-0.15, -0.1) is 0 Å². The molecule has 0 saturated heterocycles. The summed E-state index contributed by atoms with van der Waals surface area (Å²) in [5, 5.41) is 3.62. The van der Waals surface area contributed by atoms with E-state index < -0.39 is 0 Å². The number of ether oxygens (including phenoxy) is 1. The Morgan fingerprint density at radius 1 is 1.44 bits per heavy atom. The number of amides is 1. The van der Waals surface area contributed by atoms with Crippen molar-refractivity contribution in [2.24, 2.45) is 0 Å². The number of rotatable bonds is 5. The lowest BCUT2D eigenvalue weighted by Crippen LogP contribution is -2.31. The number of fused-ring (bicyclic) bond motifs is 1. The lowest BCUT2D eigenvalue weighted by molar-refractivity contribution is -0.121. The van der Waals surface area contributed by atoms with E-state index in [1.807, 2.05) is 31.2 Å². The summed E-state index contributed by atoms with van der Waals surface area (Å²) in [4.78, 5) is 29.3. The highest BCUT2D eigenvalue weighted by molar-refractivity contribution is 7.99. The number of methoxy groups -OCH3 is 1. The van der Waals surface area contributed by atoms with Gasteiger partial charge in [-0.05, 0) is 31.5 Å². The van der Waals surface area contributed by atoms with E-state index >= 15 is 0 Å². The number of benzene rings is 1. The Morgan fingerprint density at radius 2 is 2.24 bits per heavy atom. The summed E-state index contributed by atoms with van der Waals surface area (Å²) in [5.41, 5.74) is 2.33. The van der Waals surface area contributed by atoms with Gasteiger partial charge in [0.15, 0.2) is 5.16 Å². The van der Waals surface area contributed by atoms with Crippen molar-refractivity contribution in [3.63, 3.8) is 0 Å². The van der Waals surface area contributed by atoms with Crippen molar-refractivity contribution in [1.82, 2.24) is 14.9 Å². The van der Waals surface area contributed by atoms with Gasteiger partial charge in [0.25, 0.3) is 5.56 Å². The average molecular weight is 359 g/mol. The minimum atomic E-state index is -0.149. The number of aromatic nitrogens is 2. The molecule has 6 nitrogen and oxygen atoms in total. The number of nitrogens with zero attached hydrogens (tertiary/aromatic N) is 2. The van der Waals surface area contributed by atoms with Crippen molar-refractivity contribution in [2.75, 3.05) is 12.9 Å². The van der Waals surface area contributed by atoms with Crippen LogP contribution in [-0.4, -0.2) is 28.3 Å².